The highest BCUT2D eigenvalue weighted by atomic mass is 19.4. The van der Waals surface area contributed by atoms with Crippen molar-refractivity contribution >= 4 is 29.3 Å². The summed E-state index contributed by atoms with van der Waals surface area (Å²) < 4.78 is 47.3. The molecule has 0 radical (unpaired) electrons. The van der Waals surface area contributed by atoms with Gasteiger partial charge in [0.15, 0.2) is 5.69 Å². The zero-order chi connectivity index (χ0) is 32.5. The molecule has 4 aliphatic rings. The Morgan fingerprint density at radius 2 is 1.68 bits per heavy atom. The maximum Gasteiger partial charge on any atom is 0.437 e. The van der Waals surface area contributed by atoms with Gasteiger partial charge in [0.1, 0.15) is 5.82 Å². The Morgan fingerprint density at radius 3 is 2.36 bits per heavy atom. The number of carbonyl (C=O) groups excluding carboxylic acids is 2. The summed E-state index contributed by atoms with van der Waals surface area (Å²) in [6.07, 6.45) is 6.17. The second kappa shape index (κ2) is 12.9. The maximum absolute atomic E-state index is 13.9. The minimum atomic E-state index is -4.87. The number of amides is 2. The summed E-state index contributed by atoms with van der Waals surface area (Å²) in [5, 5.41) is 2.49. The lowest BCUT2D eigenvalue weighted by Gasteiger charge is -2.36. The van der Waals surface area contributed by atoms with Crippen LogP contribution in [0.4, 0.5) is 30.7 Å². The Bertz CT molecular complexity index is 1670. The summed E-state index contributed by atoms with van der Waals surface area (Å²) in [6, 6.07) is 13.1. The second-order valence-electron chi connectivity index (χ2n) is 12.7. The number of allylic oxidation sites excluding steroid dienone is 4. The minimum Gasteiger partial charge on any atom is -0.417 e. The number of piperidine rings is 1. The molecule has 2 amide bonds. The molecule has 2 aliphatic heterocycles. The highest BCUT2D eigenvalue weighted by molar-refractivity contribution is 6.03. The predicted octanol–water partition coefficient (Wildman–Crippen LogP) is 6.43. The van der Waals surface area contributed by atoms with Crippen LogP contribution >= 0.6 is 0 Å². The van der Waals surface area contributed by atoms with Gasteiger partial charge in [0.2, 0.25) is 11.7 Å². The number of carbonyl (C=O) groups is 2. The van der Waals surface area contributed by atoms with E-state index in [0.717, 1.165) is 38.5 Å². The molecule has 0 saturated carbocycles. The van der Waals surface area contributed by atoms with E-state index in [1.54, 1.807) is 17.0 Å². The molecule has 2 aliphatic carbocycles. The first-order valence-electron chi connectivity index (χ1n) is 16.3. The fourth-order valence-corrected chi connectivity index (χ4v) is 7.19. The van der Waals surface area contributed by atoms with Gasteiger partial charge >= 0.3 is 6.18 Å². The van der Waals surface area contributed by atoms with Crippen LogP contribution in [0.2, 0.25) is 0 Å². The van der Waals surface area contributed by atoms with Crippen molar-refractivity contribution in [2.75, 3.05) is 54.4 Å². The van der Waals surface area contributed by atoms with Gasteiger partial charge in [-0.05, 0) is 67.7 Å². The van der Waals surface area contributed by atoms with Crippen molar-refractivity contribution in [1.29, 1.82) is 0 Å². The van der Waals surface area contributed by atoms with Gasteiger partial charge in [0.05, 0.1) is 11.9 Å². The highest BCUT2D eigenvalue weighted by Gasteiger charge is 2.42. The molecule has 1 atom stereocenters. The lowest BCUT2D eigenvalue weighted by molar-refractivity contribution is -0.141. The van der Waals surface area contributed by atoms with Gasteiger partial charge in [0, 0.05) is 45.2 Å². The van der Waals surface area contributed by atoms with Crippen LogP contribution in [0.5, 0.6) is 0 Å². The first-order valence-corrected chi connectivity index (χ1v) is 16.3. The van der Waals surface area contributed by atoms with Gasteiger partial charge in [-0.1, -0.05) is 48.1 Å². The van der Waals surface area contributed by atoms with Crippen LogP contribution in [-0.2, 0) is 11.0 Å². The van der Waals surface area contributed by atoms with E-state index >= 15 is 0 Å². The molecule has 2 aromatic heterocycles. The molecular formula is C35H37F3N6O3. The summed E-state index contributed by atoms with van der Waals surface area (Å²) in [6.45, 7) is 3.33. The van der Waals surface area contributed by atoms with E-state index in [9.17, 15) is 22.8 Å². The smallest absolute Gasteiger partial charge is 0.417 e. The van der Waals surface area contributed by atoms with Crippen LogP contribution in [0.15, 0.2) is 76.4 Å². The van der Waals surface area contributed by atoms with Gasteiger partial charge in [-0.25, -0.2) is 4.98 Å². The van der Waals surface area contributed by atoms with Gasteiger partial charge in [0.25, 0.3) is 11.9 Å². The Hall–Kier alpha value is -4.61. The number of hydrogen-bond acceptors (Lipinski definition) is 7. The number of anilines is 3. The summed E-state index contributed by atoms with van der Waals surface area (Å²) >= 11 is 0. The maximum atomic E-state index is 13.9. The molecule has 1 unspecified atom stereocenters. The van der Waals surface area contributed by atoms with E-state index in [1.807, 2.05) is 23.1 Å². The molecular weight excluding hydrogens is 609 g/mol. The molecule has 0 spiro atoms. The summed E-state index contributed by atoms with van der Waals surface area (Å²) in [4.78, 5) is 40.1. The zero-order valence-electron chi connectivity index (χ0n) is 26.0. The van der Waals surface area contributed by atoms with Crippen LogP contribution in [-0.4, -0.2) is 66.0 Å². The number of piperazine rings is 1. The lowest BCUT2D eigenvalue weighted by atomic mass is 9.90. The van der Waals surface area contributed by atoms with Gasteiger partial charge < -0.3 is 24.4 Å². The molecule has 3 aromatic rings. The zero-order valence-corrected chi connectivity index (χ0v) is 26.0. The number of nitrogens with zero attached hydrogens (tertiary/aromatic N) is 5. The van der Waals surface area contributed by atoms with Crippen molar-refractivity contribution in [1.82, 2.24) is 14.9 Å². The molecule has 2 fully saturated rings. The van der Waals surface area contributed by atoms with Crippen LogP contribution in [0.3, 0.4) is 0 Å². The van der Waals surface area contributed by atoms with E-state index in [0.29, 0.717) is 51.0 Å². The number of alkyl halides is 3. The molecule has 1 aromatic carbocycles. The van der Waals surface area contributed by atoms with Gasteiger partial charge in [-0.3, -0.25) is 9.59 Å². The normalized spacial score (nSPS) is 20.5. The number of hydrogen-bond donors (Lipinski definition) is 1. The molecule has 246 valence electrons. The van der Waals surface area contributed by atoms with Crippen molar-refractivity contribution in [2.24, 2.45) is 5.92 Å². The first-order chi connectivity index (χ1) is 22.7. The lowest BCUT2D eigenvalue weighted by Crippen LogP contribution is -2.50. The molecule has 47 heavy (non-hydrogen) atoms. The Morgan fingerprint density at radius 1 is 0.915 bits per heavy atom. The molecule has 12 heteroatoms. The number of aromatic nitrogens is 2. The Kier molecular flexibility index (Phi) is 8.50. The van der Waals surface area contributed by atoms with E-state index in [1.165, 1.54) is 22.9 Å². The number of benzene rings is 1. The monoisotopic (exact) mass is 646 g/mol. The third-order valence-electron chi connectivity index (χ3n) is 9.74. The fourth-order valence-electron chi connectivity index (χ4n) is 7.19. The third-order valence-corrected chi connectivity index (χ3v) is 9.74. The number of halogens is 3. The van der Waals surface area contributed by atoms with Crippen molar-refractivity contribution < 1.29 is 27.2 Å². The number of oxazole rings is 1. The van der Waals surface area contributed by atoms with Gasteiger partial charge in [-0.2, -0.15) is 18.2 Å². The standard InChI is InChI=1S/C35H37F3N6O3/c36-35(37,38)31-30(47-34(41-31)44-14-12-24(13-15-44)23-6-2-1-3-7-23)32(45)40-28-10-11-29(39-22-28)42-16-18-43(19-17-42)33(46)27-20-25-8-4-5-9-26(25)21-27/h1-4,6-8,10-11,22,24,27H,5,9,12-21H2,(H,40,45). The van der Waals surface area contributed by atoms with Crippen LogP contribution in [0, 0.1) is 5.92 Å². The molecule has 0 bridgehead atoms. The summed E-state index contributed by atoms with van der Waals surface area (Å²) in [5.74, 6) is -0.724. The third kappa shape index (κ3) is 6.63. The number of pyridine rings is 1. The molecule has 4 heterocycles. The van der Waals surface area contributed by atoms with E-state index in [-0.39, 0.29) is 23.5 Å². The molecule has 7 rings (SSSR count). The average molecular weight is 647 g/mol. The Labute approximate surface area is 271 Å². The summed E-state index contributed by atoms with van der Waals surface area (Å²) in [7, 11) is 0. The molecule has 2 saturated heterocycles. The van der Waals surface area contributed by atoms with Crippen LogP contribution in [0.25, 0.3) is 0 Å². The largest absolute Gasteiger partial charge is 0.437 e. The molecule has 9 nitrogen and oxygen atoms in total. The van der Waals surface area contributed by atoms with Crippen molar-refractivity contribution in [3.63, 3.8) is 0 Å². The fraction of sp³-hybridized carbons (Fsp3) is 0.429. The number of rotatable bonds is 6. The van der Waals surface area contributed by atoms with Crippen molar-refractivity contribution in [2.45, 2.75) is 50.6 Å². The second-order valence-corrected chi connectivity index (χ2v) is 12.7. The van der Waals surface area contributed by atoms with Gasteiger partial charge in [-0.15, -0.1) is 0 Å². The Balaban J connectivity index is 0.947. The average Bonchev–Trinajstić information content (AvgIpc) is 3.75. The van der Waals surface area contributed by atoms with Crippen LogP contribution in [0.1, 0.15) is 66.3 Å². The van der Waals surface area contributed by atoms with E-state index < -0.39 is 23.5 Å². The highest BCUT2D eigenvalue weighted by Crippen LogP contribution is 2.39. The quantitative estimate of drug-likeness (QED) is 0.330. The topological polar surface area (TPSA) is 94.8 Å². The van der Waals surface area contributed by atoms with Crippen molar-refractivity contribution in [3.8, 4) is 0 Å². The molecule has 1 N–H and O–H groups in total. The predicted molar refractivity (Wildman–Crippen MR) is 171 cm³/mol. The van der Waals surface area contributed by atoms with E-state index in [4.69, 9.17) is 4.42 Å². The van der Waals surface area contributed by atoms with Crippen molar-refractivity contribution in [3.05, 3.63) is 89.0 Å². The van der Waals surface area contributed by atoms with E-state index in [2.05, 4.69) is 44.5 Å². The minimum absolute atomic E-state index is 0.0282. The van der Waals surface area contributed by atoms with Crippen LogP contribution < -0.4 is 15.1 Å². The first kappa shape index (κ1) is 31.0. The SMILES string of the molecule is O=C(Nc1ccc(N2CCN(C(=O)C3CC4=C(CCC=C4)C3)CC2)nc1)c1oc(N2CCC(c3ccccc3)CC2)nc1C(F)(F)F. The summed E-state index contributed by atoms with van der Waals surface area (Å²) in [5.41, 5.74) is 2.84. The number of nitrogens with one attached hydrogen (secondary N) is 1.